The number of nitrogens with zero attached hydrogens (tertiary/aromatic N) is 1. The maximum absolute atomic E-state index is 12.6. The number of ketones is 1. The molecule has 3 rings (SSSR count). The highest BCUT2D eigenvalue weighted by Crippen LogP contribution is 2.26. The predicted octanol–water partition coefficient (Wildman–Crippen LogP) is 3.99. The van der Waals surface area contributed by atoms with Crippen molar-refractivity contribution in [3.63, 3.8) is 0 Å². The Morgan fingerprint density at radius 2 is 1.69 bits per heavy atom. The van der Waals surface area contributed by atoms with Gasteiger partial charge in [-0.1, -0.05) is 18.2 Å². The van der Waals surface area contributed by atoms with E-state index in [0.29, 0.717) is 17.0 Å². The van der Waals surface area contributed by atoms with Gasteiger partial charge >= 0.3 is 5.97 Å². The molecule has 0 radical (unpaired) electrons. The van der Waals surface area contributed by atoms with E-state index in [4.69, 9.17) is 9.47 Å². The van der Waals surface area contributed by atoms with Gasteiger partial charge in [0, 0.05) is 12.6 Å². The Bertz CT molecular complexity index is 1200. The molecule has 32 heavy (non-hydrogen) atoms. The van der Waals surface area contributed by atoms with E-state index in [1.54, 1.807) is 53.9 Å². The van der Waals surface area contributed by atoms with Crippen LogP contribution < -0.4 is 9.04 Å². The smallest absolute Gasteiger partial charge is 0.344 e. The molecule has 1 aromatic heterocycles. The van der Waals surface area contributed by atoms with Crippen molar-refractivity contribution in [3.8, 4) is 5.75 Å². The molecular weight excluding hydrogens is 450 g/mol. The zero-order valence-corrected chi connectivity index (χ0v) is 19.5. The van der Waals surface area contributed by atoms with Gasteiger partial charge < -0.3 is 9.47 Å². The molecule has 0 aliphatic carbocycles. The highest BCUT2D eigenvalue weighted by molar-refractivity contribution is 7.94. The summed E-state index contributed by atoms with van der Waals surface area (Å²) in [5.41, 5.74) is 3.00. The summed E-state index contributed by atoms with van der Waals surface area (Å²) < 4.78 is 37.0. The van der Waals surface area contributed by atoms with Crippen LogP contribution in [0.3, 0.4) is 0 Å². The molecule has 0 fully saturated rings. The lowest BCUT2D eigenvalue weighted by Gasteiger charge is -2.18. The number of rotatable bonds is 9. The third-order valence-electron chi connectivity index (χ3n) is 4.86. The summed E-state index contributed by atoms with van der Waals surface area (Å²) in [6, 6.07) is 14.8. The second-order valence-corrected chi connectivity index (χ2v) is 10.2. The van der Waals surface area contributed by atoms with E-state index in [1.807, 2.05) is 19.9 Å². The maximum Gasteiger partial charge on any atom is 0.344 e. The Kier molecular flexibility index (Phi) is 7.32. The van der Waals surface area contributed by atoms with Crippen molar-refractivity contribution in [3.05, 3.63) is 76.7 Å². The number of Topliss-reactive ketones (excluding diaryl/α,β-unsaturated/α-hetero) is 1. The Balaban J connectivity index is 1.51. The fraction of sp³-hybridized carbons (Fsp3) is 0.217. The van der Waals surface area contributed by atoms with E-state index < -0.39 is 16.0 Å². The number of ether oxygens (including phenoxy) is 2. The summed E-state index contributed by atoms with van der Waals surface area (Å²) in [6.07, 6.45) is 0. The van der Waals surface area contributed by atoms with Crippen LogP contribution in [0.5, 0.6) is 5.75 Å². The number of aryl methyl sites for hydroxylation is 2. The Hall–Kier alpha value is -3.17. The zero-order chi connectivity index (χ0) is 23.3. The molecule has 2 aromatic carbocycles. The van der Waals surface area contributed by atoms with E-state index in [-0.39, 0.29) is 23.2 Å². The van der Waals surface area contributed by atoms with Gasteiger partial charge in [-0.05, 0) is 66.8 Å². The van der Waals surface area contributed by atoms with Crippen LogP contribution in [0.1, 0.15) is 21.5 Å². The first-order valence-corrected chi connectivity index (χ1v) is 12.0. The van der Waals surface area contributed by atoms with Gasteiger partial charge in [-0.3, -0.25) is 9.10 Å². The molecule has 0 saturated carbocycles. The van der Waals surface area contributed by atoms with E-state index in [9.17, 15) is 18.0 Å². The lowest BCUT2D eigenvalue weighted by atomic mass is 10.0. The average molecular weight is 474 g/mol. The quantitative estimate of drug-likeness (QED) is 0.345. The van der Waals surface area contributed by atoms with Crippen LogP contribution in [0.15, 0.2) is 64.2 Å². The van der Waals surface area contributed by atoms with Crippen molar-refractivity contribution < 1.29 is 27.5 Å². The first-order chi connectivity index (χ1) is 15.2. The number of esters is 1. The maximum atomic E-state index is 12.6. The number of hydrogen-bond donors (Lipinski definition) is 0. The van der Waals surface area contributed by atoms with Gasteiger partial charge in [0.1, 0.15) is 9.96 Å². The topological polar surface area (TPSA) is 90.0 Å². The van der Waals surface area contributed by atoms with Crippen molar-refractivity contribution in [1.29, 1.82) is 0 Å². The second kappa shape index (κ2) is 9.97. The number of sulfonamides is 1. The summed E-state index contributed by atoms with van der Waals surface area (Å²) in [5, 5.41) is 1.70. The highest BCUT2D eigenvalue weighted by Gasteiger charge is 2.22. The van der Waals surface area contributed by atoms with Crippen molar-refractivity contribution in [2.75, 3.05) is 24.6 Å². The molecule has 9 heteroatoms. The molecule has 1 heterocycles. The molecule has 3 aromatic rings. The van der Waals surface area contributed by atoms with Crippen LogP contribution in [0, 0.1) is 13.8 Å². The first kappa shape index (κ1) is 23.5. The van der Waals surface area contributed by atoms with Crippen molar-refractivity contribution in [2.45, 2.75) is 18.1 Å². The van der Waals surface area contributed by atoms with Crippen LogP contribution in [0.4, 0.5) is 5.69 Å². The molecular formula is C23H23NO6S2. The summed E-state index contributed by atoms with van der Waals surface area (Å²) in [5.74, 6) is -0.599. The lowest BCUT2D eigenvalue weighted by molar-refractivity contribution is -0.144. The van der Waals surface area contributed by atoms with Gasteiger partial charge in [0.25, 0.3) is 10.0 Å². The van der Waals surface area contributed by atoms with E-state index in [1.165, 1.54) is 11.4 Å². The minimum atomic E-state index is -3.63. The predicted molar refractivity (Wildman–Crippen MR) is 123 cm³/mol. The minimum Gasteiger partial charge on any atom is -0.482 e. The third kappa shape index (κ3) is 5.54. The van der Waals surface area contributed by atoms with E-state index >= 15 is 0 Å². The monoisotopic (exact) mass is 473 g/mol. The molecule has 0 aliphatic rings. The highest BCUT2D eigenvalue weighted by atomic mass is 32.2. The Morgan fingerprint density at radius 3 is 2.31 bits per heavy atom. The van der Waals surface area contributed by atoms with Gasteiger partial charge in [-0.15, -0.1) is 11.3 Å². The SMILES string of the molecule is Cc1ccc(C(=O)COC(=O)COc2ccc(N(C)S(=O)(=O)c3cccs3)cc2)cc1C. The van der Waals surface area contributed by atoms with E-state index in [2.05, 4.69) is 0 Å². The molecule has 168 valence electrons. The van der Waals surface area contributed by atoms with E-state index in [0.717, 1.165) is 22.5 Å². The second-order valence-electron chi connectivity index (χ2n) is 7.07. The van der Waals surface area contributed by atoms with Crippen LogP contribution >= 0.6 is 11.3 Å². The normalized spacial score (nSPS) is 11.1. The summed E-state index contributed by atoms with van der Waals surface area (Å²) in [4.78, 5) is 24.1. The summed E-state index contributed by atoms with van der Waals surface area (Å²) in [6.45, 7) is 3.12. The van der Waals surface area contributed by atoms with Gasteiger partial charge in [-0.2, -0.15) is 0 Å². The molecule has 0 saturated heterocycles. The number of benzene rings is 2. The van der Waals surface area contributed by atoms with Gasteiger partial charge in [0.05, 0.1) is 5.69 Å². The zero-order valence-electron chi connectivity index (χ0n) is 17.9. The molecule has 0 unspecified atom stereocenters. The fourth-order valence-electron chi connectivity index (χ4n) is 2.76. The summed E-state index contributed by atoms with van der Waals surface area (Å²) >= 11 is 1.14. The van der Waals surface area contributed by atoms with Gasteiger partial charge in [-0.25, -0.2) is 13.2 Å². The number of carbonyl (C=O) groups is 2. The van der Waals surface area contributed by atoms with Gasteiger partial charge in [0.15, 0.2) is 19.0 Å². The Morgan fingerprint density at radius 1 is 0.969 bits per heavy atom. The average Bonchev–Trinajstić information content (AvgIpc) is 3.33. The lowest BCUT2D eigenvalue weighted by Crippen LogP contribution is -2.25. The molecule has 0 bridgehead atoms. The third-order valence-corrected chi connectivity index (χ3v) is 8.02. The molecule has 0 aliphatic heterocycles. The number of thiophene rings is 1. The molecule has 0 N–H and O–H groups in total. The minimum absolute atomic E-state index is 0.249. The number of anilines is 1. The van der Waals surface area contributed by atoms with Crippen molar-refractivity contribution >= 4 is 38.8 Å². The molecule has 0 spiro atoms. The van der Waals surface area contributed by atoms with Crippen LogP contribution in [0.25, 0.3) is 0 Å². The van der Waals surface area contributed by atoms with Crippen LogP contribution in [-0.4, -0.2) is 40.4 Å². The van der Waals surface area contributed by atoms with Crippen molar-refractivity contribution in [1.82, 2.24) is 0 Å². The number of carbonyl (C=O) groups excluding carboxylic acids is 2. The molecule has 7 nitrogen and oxygen atoms in total. The van der Waals surface area contributed by atoms with Crippen LogP contribution in [-0.2, 0) is 19.6 Å². The van der Waals surface area contributed by atoms with Crippen LogP contribution in [0.2, 0.25) is 0 Å². The summed E-state index contributed by atoms with van der Waals surface area (Å²) in [7, 11) is -2.16. The standard InChI is InChI=1S/C23H23NO6S2/c1-16-6-7-18(13-17(16)2)21(25)14-30-22(26)15-29-20-10-8-19(9-11-20)24(3)32(27,28)23-5-4-12-31-23/h4-13H,14-15H2,1-3H3. The van der Waals surface area contributed by atoms with Gasteiger partial charge in [0.2, 0.25) is 0 Å². The Labute approximate surface area is 191 Å². The first-order valence-electron chi connectivity index (χ1n) is 9.70. The molecule has 0 atom stereocenters. The fourth-order valence-corrected chi connectivity index (χ4v) is 5.12. The number of hydrogen-bond acceptors (Lipinski definition) is 7. The van der Waals surface area contributed by atoms with Crippen molar-refractivity contribution in [2.24, 2.45) is 0 Å². The largest absolute Gasteiger partial charge is 0.482 e. The molecule has 0 amide bonds.